The molecule has 1 saturated carbocycles. The number of carbonyl (C=O) groups is 2. The van der Waals surface area contributed by atoms with Crippen molar-refractivity contribution in [3.05, 3.63) is 88.8 Å². The van der Waals surface area contributed by atoms with Gasteiger partial charge in [0.15, 0.2) is 0 Å². The number of halogens is 3. The fraction of sp³-hybridized carbons (Fsp3) is 0.459. The summed E-state index contributed by atoms with van der Waals surface area (Å²) in [6, 6.07) is 9.42. The van der Waals surface area contributed by atoms with Crippen LogP contribution in [0.15, 0.2) is 61.0 Å². The molecule has 7 N–H and O–H groups in total. The van der Waals surface area contributed by atoms with Crippen molar-refractivity contribution in [2.24, 2.45) is 23.4 Å². The van der Waals surface area contributed by atoms with Gasteiger partial charge in [-0.05, 0) is 86.1 Å². The van der Waals surface area contributed by atoms with Crippen LogP contribution in [0, 0.1) is 22.7 Å². The Labute approximate surface area is 297 Å². The molecule has 11 nitrogen and oxygen atoms in total. The van der Waals surface area contributed by atoms with Crippen molar-refractivity contribution in [3.8, 4) is 0 Å². The molecule has 2 aromatic carbocycles. The number of likely N-dealkylation sites (tertiary alicyclic amines) is 1. The van der Waals surface area contributed by atoms with Crippen LogP contribution in [0.4, 0.5) is 18.9 Å². The Bertz CT molecular complexity index is 1730. The highest BCUT2D eigenvalue weighted by Gasteiger charge is 2.49. The quantitative estimate of drug-likeness (QED) is 0.0729. The third-order valence-corrected chi connectivity index (χ3v) is 10.3. The number of amidine groups is 1. The molecule has 274 valence electrons. The number of nitrogens with two attached hydrogens (primary N) is 2. The van der Waals surface area contributed by atoms with E-state index in [2.05, 4.69) is 18.8 Å². The summed E-state index contributed by atoms with van der Waals surface area (Å²) >= 11 is 0. The molecule has 0 aromatic heterocycles. The summed E-state index contributed by atoms with van der Waals surface area (Å²) in [6.07, 6.45) is 1.06. The minimum Gasteiger partial charge on any atom is -0.401 e. The molecule has 3 aliphatic rings. The number of carbonyl (C=O) groups excluding carboxylic acids is 2. The van der Waals surface area contributed by atoms with E-state index in [9.17, 15) is 22.8 Å². The Morgan fingerprint density at radius 3 is 2.53 bits per heavy atom. The number of anilines is 1. The normalized spacial score (nSPS) is 23.8. The number of nitrogens with zero attached hydrogens (tertiary/aromatic N) is 4. The van der Waals surface area contributed by atoms with Gasteiger partial charge in [-0.3, -0.25) is 25.3 Å². The molecule has 14 heteroatoms. The summed E-state index contributed by atoms with van der Waals surface area (Å²) in [5.41, 5.74) is 6.90. The lowest BCUT2D eigenvalue weighted by Gasteiger charge is -2.48. The van der Waals surface area contributed by atoms with E-state index < -0.39 is 23.1 Å². The molecule has 5 rings (SSSR count). The van der Waals surface area contributed by atoms with Crippen molar-refractivity contribution in [2.75, 3.05) is 25.0 Å². The zero-order chi connectivity index (χ0) is 37.4. The first kappa shape index (κ1) is 37.6. The summed E-state index contributed by atoms with van der Waals surface area (Å²) in [6.45, 7) is 10.0. The maximum atomic E-state index is 14.7. The number of benzene rings is 2. The molecule has 0 spiro atoms. The van der Waals surface area contributed by atoms with Crippen LogP contribution in [0.3, 0.4) is 0 Å². The van der Waals surface area contributed by atoms with E-state index in [-0.39, 0.29) is 54.0 Å². The number of nitrogens with one attached hydrogen (secondary N) is 3. The number of rotatable bonds is 11. The second kappa shape index (κ2) is 14.5. The Kier molecular flexibility index (Phi) is 10.7. The fourth-order valence-electron chi connectivity index (χ4n) is 7.70. The number of alkyl halides is 3. The number of likely N-dealkylation sites (N-methyl/N-ethyl adjacent to an activating group) is 1. The molecule has 51 heavy (non-hydrogen) atoms. The molecule has 2 heterocycles. The first-order chi connectivity index (χ1) is 24.0. The summed E-state index contributed by atoms with van der Waals surface area (Å²) in [4.78, 5) is 31.0. The molecule has 2 aromatic rings. The van der Waals surface area contributed by atoms with Crippen molar-refractivity contribution < 1.29 is 22.8 Å². The van der Waals surface area contributed by atoms with Crippen LogP contribution in [0.25, 0.3) is 0 Å². The monoisotopic (exact) mass is 707 g/mol. The first-order valence-corrected chi connectivity index (χ1v) is 17.1. The predicted octanol–water partition coefficient (Wildman–Crippen LogP) is 4.93. The fourth-order valence-corrected chi connectivity index (χ4v) is 7.70. The number of hydrazine groups is 1. The second-order valence-electron chi connectivity index (χ2n) is 14.5. The Balaban J connectivity index is 1.46. The number of fused-ring (bicyclic) bond motifs is 1. The lowest BCUT2D eigenvalue weighted by atomic mass is 9.58. The van der Waals surface area contributed by atoms with Crippen LogP contribution in [-0.4, -0.2) is 71.0 Å². The zero-order valence-electron chi connectivity index (χ0n) is 29.6. The van der Waals surface area contributed by atoms with Crippen LogP contribution in [0.1, 0.15) is 72.6 Å². The summed E-state index contributed by atoms with van der Waals surface area (Å²) < 4.78 is 44.0. The SMILES string of the molecule is C=CC(=O)N[C@H]1C[C@@H](/C(N)=C/N(N)C(C)C)CN(Cc2cc3c(c(C(F)(F)F)c2)CN(c2cccc(C4(C(=N)N(C)C=N)CC(C)C4)c2)C3=O)C1. The van der Waals surface area contributed by atoms with Crippen LogP contribution < -0.4 is 21.8 Å². The van der Waals surface area contributed by atoms with Crippen LogP contribution in [-0.2, 0) is 29.5 Å². The lowest BCUT2D eigenvalue weighted by molar-refractivity contribution is -0.138. The van der Waals surface area contributed by atoms with E-state index in [1.165, 1.54) is 20.9 Å². The highest BCUT2D eigenvalue weighted by molar-refractivity contribution is 6.10. The van der Waals surface area contributed by atoms with Crippen LogP contribution in [0.5, 0.6) is 0 Å². The third-order valence-electron chi connectivity index (χ3n) is 10.3. The topological polar surface area (TPSA) is 159 Å². The molecule has 2 atom stereocenters. The Morgan fingerprint density at radius 1 is 1.22 bits per heavy atom. The van der Waals surface area contributed by atoms with Gasteiger partial charge < -0.3 is 25.9 Å². The third kappa shape index (κ3) is 7.66. The predicted molar refractivity (Wildman–Crippen MR) is 192 cm³/mol. The van der Waals surface area contributed by atoms with Crippen molar-refractivity contribution in [1.82, 2.24) is 20.1 Å². The molecular weight excluding hydrogens is 659 g/mol. The highest BCUT2D eigenvalue weighted by Crippen LogP contribution is 2.50. The number of hydrogen-bond acceptors (Lipinski definition) is 8. The largest absolute Gasteiger partial charge is 0.416 e. The van der Waals surface area contributed by atoms with E-state index in [1.807, 2.05) is 24.8 Å². The van der Waals surface area contributed by atoms with Crippen molar-refractivity contribution in [3.63, 3.8) is 0 Å². The number of piperidine rings is 1. The van der Waals surface area contributed by atoms with Crippen molar-refractivity contribution in [1.29, 1.82) is 10.8 Å². The van der Waals surface area contributed by atoms with Crippen molar-refractivity contribution in [2.45, 2.75) is 76.8 Å². The lowest BCUT2D eigenvalue weighted by Crippen LogP contribution is -2.52. The van der Waals surface area contributed by atoms with E-state index in [0.29, 0.717) is 55.2 Å². The van der Waals surface area contributed by atoms with Gasteiger partial charge in [0.25, 0.3) is 5.91 Å². The van der Waals surface area contributed by atoms with Gasteiger partial charge in [0.2, 0.25) is 5.91 Å². The summed E-state index contributed by atoms with van der Waals surface area (Å²) in [7, 11) is 1.65. The molecule has 1 aliphatic carbocycles. The molecule has 2 amide bonds. The standard InChI is InChI=1S/C37H48F3N9O2/c1-6-33(50)45-27-12-25(32(42)20-49(44)22(2)3)17-47(18-27)16-24-10-29-30(31(11-24)37(38,39)40)19-48(34(29)51)28-9-7-8-26(13-28)36(14-23(4)15-36)35(43)46(5)21-41/h6-11,13,20-23,25,27,41,43H,1,12,14-19,42,44H2,2-5H3,(H,45,50)/b32-20-,41-21?,43-35?/t23?,25-,27+,36?/m1/s1. The van der Waals surface area contributed by atoms with Crippen molar-refractivity contribution >= 4 is 29.7 Å². The minimum absolute atomic E-state index is 0.00586. The van der Waals surface area contributed by atoms with E-state index in [1.54, 1.807) is 37.5 Å². The smallest absolute Gasteiger partial charge is 0.401 e. The minimum atomic E-state index is -4.71. The van der Waals surface area contributed by atoms with Gasteiger partial charge in [0.1, 0.15) is 5.84 Å². The van der Waals surface area contributed by atoms with E-state index in [4.69, 9.17) is 22.4 Å². The van der Waals surface area contributed by atoms with Gasteiger partial charge in [-0.15, -0.1) is 0 Å². The Hall–Kier alpha value is -4.69. The highest BCUT2D eigenvalue weighted by atomic mass is 19.4. The van der Waals surface area contributed by atoms with Gasteiger partial charge in [0.05, 0.1) is 23.9 Å². The molecule has 0 unspecified atom stereocenters. The maximum absolute atomic E-state index is 14.7. The number of amides is 2. The zero-order valence-corrected chi connectivity index (χ0v) is 29.6. The van der Waals surface area contributed by atoms with Gasteiger partial charge in [-0.1, -0.05) is 25.6 Å². The molecule has 2 fully saturated rings. The maximum Gasteiger partial charge on any atom is 0.416 e. The molecular formula is C37H48F3N9O2. The van der Waals surface area contributed by atoms with Crippen LogP contribution >= 0.6 is 0 Å². The van der Waals surface area contributed by atoms with Gasteiger partial charge >= 0.3 is 6.18 Å². The molecule has 0 radical (unpaired) electrons. The van der Waals surface area contributed by atoms with Gasteiger partial charge in [-0.25, -0.2) is 5.84 Å². The molecule has 2 aliphatic heterocycles. The second-order valence-corrected chi connectivity index (χ2v) is 14.5. The van der Waals surface area contributed by atoms with Crippen LogP contribution in [0.2, 0.25) is 0 Å². The average molecular weight is 708 g/mol. The molecule has 0 bridgehead atoms. The first-order valence-electron chi connectivity index (χ1n) is 17.1. The summed E-state index contributed by atoms with van der Waals surface area (Å²) in [5.74, 6) is 5.55. The average Bonchev–Trinajstić information content (AvgIpc) is 3.40. The van der Waals surface area contributed by atoms with E-state index >= 15 is 0 Å². The van der Waals surface area contributed by atoms with Gasteiger partial charge in [-0.2, -0.15) is 13.2 Å². The molecule has 1 saturated heterocycles. The van der Waals surface area contributed by atoms with Gasteiger partial charge in [0, 0.05) is 67.8 Å². The Morgan fingerprint density at radius 2 is 1.92 bits per heavy atom. The summed E-state index contributed by atoms with van der Waals surface area (Å²) in [5, 5.41) is 20.9. The number of hydrogen-bond donors (Lipinski definition) is 5. The van der Waals surface area contributed by atoms with E-state index in [0.717, 1.165) is 18.0 Å².